The van der Waals surface area contributed by atoms with Gasteiger partial charge in [-0.05, 0) is 19.1 Å². The molecule has 1 aromatic carbocycles. The smallest absolute Gasteiger partial charge is 0.442 e. The fourth-order valence-corrected chi connectivity index (χ4v) is 2.76. The molecule has 0 heterocycles. The molecular weight excluding hydrogens is 272 g/mol. The Balaban J connectivity index is 3.19. The fourth-order valence-electron chi connectivity index (χ4n) is 1.33. The number of benzene rings is 1. The van der Waals surface area contributed by atoms with E-state index in [4.69, 9.17) is 0 Å². The fraction of sp³-hybridized carbons (Fsp3) is 0.364. The molecule has 0 bridgehead atoms. The quantitative estimate of drug-likeness (QED) is 0.625. The second-order valence-electron chi connectivity index (χ2n) is 3.47. The average Bonchev–Trinajstić information content (AvgIpc) is 2.39. The van der Waals surface area contributed by atoms with E-state index in [1.165, 1.54) is 24.3 Å². The minimum Gasteiger partial charge on any atom is -0.448 e. The van der Waals surface area contributed by atoms with Crippen LogP contribution in [0.4, 0.5) is 10.5 Å². The number of carbonyl (C=O) groups excluding carboxylic acids is 1. The summed E-state index contributed by atoms with van der Waals surface area (Å²) in [7, 11) is -2.94. The van der Waals surface area contributed by atoms with E-state index in [9.17, 15) is 19.1 Å². The van der Waals surface area contributed by atoms with Crippen molar-refractivity contribution in [2.24, 2.45) is 4.36 Å². The lowest BCUT2D eigenvalue weighted by Crippen LogP contribution is -2.09. The van der Waals surface area contributed by atoms with Gasteiger partial charge >= 0.3 is 6.09 Å². The molecule has 0 spiro atoms. The Hall–Kier alpha value is -1.96. The van der Waals surface area contributed by atoms with E-state index in [0.29, 0.717) is 0 Å². The largest absolute Gasteiger partial charge is 0.448 e. The monoisotopic (exact) mass is 286 g/mol. The Bertz CT molecular complexity index is 588. The summed E-state index contributed by atoms with van der Waals surface area (Å²) in [6, 6.07) is 5.13. The van der Waals surface area contributed by atoms with Crippen LogP contribution in [-0.4, -0.2) is 27.6 Å². The molecule has 19 heavy (non-hydrogen) atoms. The van der Waals surface area contributed by atoms with E-state index in [0.717, 1.165) is 0 Å². The Morgan fingerprint density at radius 1 is 1.37 bits per heavy atom. The van der Waals surface area contributed by atoms with E-state index in [-0.39, 0.29) is 22.9 Å². The zero-order chi connectivity index (χ0) is 14.5. The average molecular weight is 286 g/mol. The number of rotatable bonds is 4. The third kappa shape index (κ3) is 3.75. The molecule has 8 heteroatoms. The number of ether oxygens (including phenoxy) is 1. The first kappa shape index (κ1) is 15.1. The van der Waals surface area contributed by atoms with Crippen LogP contribution in [-0.2, 0) is 14.5 Å². The van der Waals surface area contributed by atoms with Gasteiger partial charge in [-0.25, -0.2) is 9.00 Å². The van der Waals surface area contributed by atoms with Crippen LogP contribution in [0.25, 0.3) is 0 Å². The van der Waals surface area contributed by atoms with E-state index in [2.05, 4.69) is 9.10 Å². The molecule has 104 valence electrons. The number of hydrogen-bond donors (Lipinski definition) is 0. The second kappa shape index (κ2) is 6.28. The van der Waals surface area contributed by atoms with Gasteiger partial charge in [0.1, 0.15) is 0 Å². The SMILES string of the molecule is CCOC(=O)N=[S@](=O)(CC)c1ccc([N+](=O)[O-])cc1. The zero-order valence-corrected chi connectivity index (χ0v) is 11.4. The molecule has 7 nitrogen and oxygen atoms in total. The van der Waals surface area contributed by atoms with Crippen LogP contribution in [0.1, 0.15) is 13.8 Å². The number of nitro benzene ring substituents is 1. The molecular formula is C11H14N2O5S. The van der Waals surface area contributed by atoms with Gasteiger partial charge in [-0.3, -0.25) is 10.1 Å². The maximum Gasteiger partial charge on any atom is 0.442 e. The van der Waals surface area contributed by atoms with Crippen LogP contribution < -0.4 is 0 Å². The topological polar surface area (TPSA) is 98.9 Å². The van der Waals surface area contributed by atoms with Crippen molar-refractivity contribution in [3.63, 3.8) is 0 Å². The zero-order valence-electron chi connectivity index (χ0n) is 10.6. The summed E-state index contributed by atoms with van der Waals surface area (Å²) >= 11 is 0. The van der Waals surface area contributed by atoms with Crippen LogP contribution in [0, 0.1) is 10.1 Å². The summed E-state index contributed by atoms with van der Waals surface area (Å²) in [6.45, 7) is 3.38. The van der Waals surface area contributed by atoms with Crippen LogP contribution in [0.2, 0.25) is 0 Å². The first-order chi connectivity index (χ1) is 8.92. The number of amides is 1. The molecule has 0 saturated heterocycles. The van der Waals surface area contributed by atoms with Crippen molar-refractivity contribution in [2.75, 3.05) is 12.4 Å². The highest BCUT2D eigenvalue weighted by molar-refractivity contribution is 7.93. The van der Waals surface area contributed by atoms with E-state index in [1.807, 2.05) is 0 Å². The van der Waals surface area contributed by atoms with Crippen LogP contribution in [0.3, 0.4) is 0 Å². The Labute approximate surface area is 110 Å². The lowest BCUT2D eigenvalue weighted by atomic mass is 10.3. The van der Waals surface area contributed by atoms with Gasteiger partial charge in [-0.2, -0.15) is 0 Å². The molecule has 0 aromatic heterocycles. The molecule has 0 N–H and O–H groups in total. The third-order valence-corrected chi connectivity index (χ3v) is 4.53. The van der Waals surface area contributed by atoms with Gasteiger partial charge in [-0.15, -0.1) is 4.36 Å². The summed E-state index contributed by atoms with van der Waals surface area (Å²) in [6.07, 6.45) is -0.896. The molecule has 0 unspecified atom stereocenters. The van der Waals surface area contributed by atoms with Crippen molar-refractivity contribution < 1.29 is 18.7 Å². The number of hydrogen-bond acceptors (Lipinski definition) is 5. The summed E-state index contributed by atoms with van der Waals surface area (Å²) < 4.78 is 20.7. The minimum absolute atomic E-state index is 0.113. The minimum atomic E-state index is -2.94. The van der Waals surface area contributed by atoms with Gasteiger partial charge in [0, 0.05) is 22.8 Å². The maximum atomic E-state index is 12.5. The summed E-state index contributed by atoms with van der Waals surface area (Å²) in [5.74, 6) is 0.115. The number of non-ortho nitro benzene ring substituents is 1. The lowest BCUT2D eigenvalue weighted by molar-refractivity contribution is -0.384. The van der Waals surface area contributed by atoms with Crippen molar-refractivity contribution in [2.45, 2.75) is 18.7 Å². The first-order valence-electron chi connectivity index (χ1n) is 5.59. The first-order valence-corrected chi connectivity index (χ1v) is 7.27. The maximum absolute atomic E-state index is 12.5. The number of nitro groups is 1. The molecule has 0 aliphatic heterocycles. The van der Waals surface area contributed by atoms with Crippen LogP contribution >= 0.6 is 0 Å². The van der Waals surface area contributed by atoms with Crippen LogP contribution in [0.5, 0.6) is 0 Å². The normalized spacial score (nSPS) is 13.4. The van der Waals surface area contributed by atoms with Gasteiger partial charge in [0.05, 0.1) is 21.3 Å². The molecule has 1 amide bonds. The van der Waals surface area contributed by atoms with Gasteiger partial charge in [-0.1, -0.05) is 6.92 Å². The summed E-state index contributed by atoms with van der Waals surface area (Å²) in [5, 5.41) is 10.5. The molecule has 0 radical (unpaired) electrons. The molecule has 1 atom stereocenters. The van der Waals surface area contributed by atoms with Gasteiger partial charge in [0.15, 0.2) is 0 Å². The molecule has 1 rings (SSSR count). The second-order valence-corrected chi connectivity index (χ2v) is 5.98. The highest BCUT2D eigenvalue weighted by Crippen LogP contribution is 2.19. The highest BCUT2D eigenvalue weighted by atomic mass is 32.2. The Morgan fingerprint density at radius 2 is 1.95 bits per heavy atom. The number of carbonyl (C=O) groups is 1. The van der Waals surface area contributed by atoms with E-state index >= 15 is 0 Å². The Morgan fingerprint density at radius 3 is 2.37 bits per heavy atom. The van der Waals surface area contributed by atoms with Gasteiger partial charge < -0.3 is 4.74 Å². The third-order valence-electron chi connectivity index (χ3n) is 2.30. The van der Waals surface area contributed by atoms with Crippen molar-refractivity contribution >= 4 is 21.5 Å². The summed E-state index contributed by atoms with van der Waals surface area (Å²) in [4.78, 5) is 21.5. The molecule has 1 aromatic rings. The standard InChI is InChI=1S/C11H14N2O5S/c1-3-18-11(14)12-19(17,4-2)10-7-5-9(6-8-10)13(15)16/h5-8H,3-4H2,1-2H3/t19-/m0/s1. The van der Waals surface area contributed by atoms with Gasteiger partial charge in [0.2, 0.25) is 0 Å². The molecule has 0 aliphatic rings. The van der Waals surface area contributed by atoms with E-state index in [1.54, 1.807) is 13.8 Å². The molecule has 0 fully saturated rings. The number of nitrogens with zero attached hydrogens (tertiary/aromatic N) is 2. The van der Waals surface area contributed by atoms with Crippen molar-refractivity contribution in [1.29, 1.82) is 0 Å². The van der Waals surface area contributed by atoms with Crippen molar-refractivity contribution in [3.05, 3.63) is 34.4 Å². The van der Waals surface area contributed by atoms with Crippen molar-refractivity contribution in [3.8, 4) is 0 Å². The predicted octanol–water partition coefficient (Wildman–Crippen LogP) is 2.60. The highest BCUT2D eigenvalue weighted by Gasteiger charge is 2.15. The lowest BCUT2D eigenvalue weighted by Gasteiger charge is -2.07. The molecule has 0 aliphatic carbocycles. The predicted molar refractivity (Wildman–Crippen MR) is 69.5 cm³/mol. The Kier molecular flexibility index (Phi) is 4.99. The van der Waals surface area contributed by atoms with Crippen LogP contribution in [0.15, 0.2) is 33.5 Å². The summed E-state index contributed by atoms with van der Waals surface area (Å²) in [5.41, 5.74) is -0.113. The van der Waals surface area contributed by atoms with E-state index < -0.39 is 20.7 Å². The molecule has 0 saturated carbocycles. The van der Waals surface area contributed by atoms with Gasteiger partial charge in [0.25, 0.3) is 5.69 Å². The van der Waals surface area contributed by atoms with Crippen molar-refractivity contribution in [1.82, 2.24) is 0 Å².